The zero-order valence-corrected chi connectivity index (χ0v) is 11.6. The Morgan fingerprint density at radius 1 is 1.33 bits per heavy atom. The monoisotopic (exact) mass is 253 g/mol. The number of carbonyl (C=O) groups is 1. The van der Waals surface area contributed by atoms with E-state index in [9.17, 15) is 4.79 Å². The lowest BCUT2D eigenvalue weighted by Gasteiger charge is -2.34. The summed E-state index contributed by atoms with van der Waals surface area (Å²) in [6.45, 7) is 3.59. The Bertz CT molecular complexity index is 272. The Morgan fingerprint density at radius 3 is 2.50 bits per heavy atom. The van der Waals surface area contributed by atoms with Gasteiger partial charge in [-0.05, 0) is 38.6 Å². The molecule has 4 heteroatoms. The number of amides is 1. The van der Waals surface area contributed by atoms with Crippen molar-refractivity contribution >= 4 is 5.91 Å². The van der Waals surface area contributed by atoms with E-state index in [1.165, 1.54) is 19.3 Å². The largest absolute Gasteiger partial charge is 0.343 e. The summed E-state index contributed by atoms with van der Waals surface area (Å²) in [6, 6.07) is 0.221. The maximum absolute atomic E-state index is 12.1. The Kier molecular flexibility index (Phi) is 5.01. The minimum absolute atomic E-state index is 0.221. The molecule has 0 radical (unpaired) electrons. The lowest BCUT2D eigenvalue weighted by molar-refractivity contribution is -0.131. The highest BCUT2D eigenvalue weighted by atomic mass is 16.2. The Balaban J connectivity index is 1.77. The van der Waals surface area contributed by atoms with Crippen LogP contribution in [-0.2, 0) is 4.79 Å². The molecule has 4 nitrogen and oxygen atoms in total. The van der Waals surface area contributed by atoms with Crippen molar-refractivity contribution in [2.45, 2.75) is 44.6 Å². The standard InChI is InChI=1S/C14H27N3O/c1-16(11-12-5-4-6-12)13(10-15)9-14(18)17-7-2-3-8-17/h12-13H,2-11,15H2,1H3. The second kappa shape index (κ2) is 6.53. The average molecular weight is 253 g/mol. The third-order valence-electron chi connectivity index (χ3n) is 4.54. The summed E-state index contributed by atoms with van der Waals surface area (Å²) in [7, 11) is 2.12. The molecule has 1 saturated carbocycles. The zero-order valence-electron chi connectivity index (χ0n) is 11.6. The number of hydrogen-bond donors (Lipinski definition) is 1. The first-order valence-corrected chi connectivity index (χ1v) is 7.38. The fourth-order valence-corrected chi connectivity index (χ4v) is 2.95. The Hall–Kier alpha value is -0.610. The van der Waals surface area contributed by atoms with Crippen LogP contribution in [0.2, 0.25) is 0 Å². The number of rotatable bonds is 6. The van der Waals surface area contributed by atoms with Crippen molar-refractivity contribution in [1.82, 2.24) is 9.80 Å². The molecular formula is C14H27N3O. The first kappa shape index (κ1) is 13.8. The topological polar surface area (TPSA) is 49.6 Å². The molecule has 2 N–H and O–H groups in total. The summed E-state index contributed by atoms with van der Waals surface area (Å²) in [5.41, 5.74) is 5.84. The maximum Gasteiger partial charge on any atom is 0.224 e. The molecule has 1 heterocycles. The predicted octanol–water partition coefficient (Wildman–Crippen LogP) is 1.06. The highest BCUT2D eigenvalue weighted by molar-refractivity contribution is 5.77. The number of nitrogens with two attached hydrogens (primary N) is 1. The molecule has 0 bridgehead atoms. The smallest absolute Gasteiger partial charge is 0.224 e. The normalized spacial score (nSPS) is 22.3. The summed E-state index contributed by atoms with van der Waals surface area (Å²) >= 11 is 0. The molecule has 18 heavy (non-hydrogen) atoms. The quantitative estimate of drug-likeness (QED) is 0.770. The van der Waals surface area contributed by atoms with Gasteiger partial charge >= 0.3 is 0 Å². The highest BCUT2D eigenvalue weighted by Crippen LogP contribution is 2.27. The van der Waals surface area contributed by atoms with E-state index in [2.05, 4.69) is 11.9 Å². The fraction of sp³-hybridized carbons (Fsp3) is 0.929. The van der Waals surface area contributed by atoms with E-state index in [4.69, 9.17) is 5.73 Å². The molecule has 1 aliphatic carbocycles. The third kappa shape index (κ3) is 3.45. The average Bonchev–Trinajstić information content (AvgIpc) is 2.83. The van der Waals surface area contributed by atoms with Crippen LogP contribution in [0.3, 0.4) is 0 Å². The van der Waals surface area contributed by atoms with Crippen LogP contribution in [0.15, 0.2) is 0 Å². The minimum Gasteiger partial charge on any atom is -0.343 e. The number of nitrogens with zero attached hydrogens (tertiary/aromatic N) is 2. The van der Waals surface area contributed by atoms with E-state index >= 15 is 0 Å². The summed E-state index contributed by atoms with van der Waals surface area (Å²) in [4.78, 5) is 16.4. The van der Waals surface area contributed by atoms with Crippen molar-refractivity contribution in [3.8, 4) is 0 Å². The van der Waals surface area contributed by atoms with Gasteiger partial charge in [-0.3, -0.25) is 4.79 Å². The predicted molar refractivity (Wildman–Crippen MR) is 73.2 cm³/mol. The van der Waals surface area contributed by atoms with Crippen molar-refractivity contribution < 1.29 is 4.79 Å². The van der Waals surface area contributed by atoms with Crippen LogP contribution in [0.4, 0.5) is 0 Å². The van der Waals surface area contributed by atoms with E-state index in [0.29, 0.717) is 18.9 Å². The molecule has 2 fully saturated rings. The highest BCUT2D eigenvalue weighted by Gasteiger charge is 2.26. The van der Waals surface area contributed by atoms with Crippen molar-refractivity contribution in [2.24, 2.45) is 11.7 Å². The summed E-state index contributed by atoms with van der Waals surface area (Å²) < 4.78 is 0. The first-order chi connectivity index (χ1) is 8.70. The molecule has 2 rings (SSSR count). The Morgan fingerprint density at radius 2 is 2.00 bits per heavy atom. The van der Waals surface area contributed by atoms with E-state index in [1.807, 2.05) is 4.90 Å². The third-order valence-corrected chi connectivity index (χ3v) is 4.54. The van der Waals surface area contributed by atoms with Gasteiger partial charge < -0.3 is 15.5 Å². The molecule has 2 aliphatic rings. The van der Waals surface area contributed by atoms with E-state index in [0.717, 1.165) is 38.4 Å². The number of hydrogen-bond acceptors (Lipinski definition) is 3. The van der Waals surface area contributed by atoms with Crippen LogP contribution in [-0.4, -0.2) is 55.0 Å². The van der Waals surface area contributed by atoms with E-state index in [1.54, 1.807) is 0 Å². The molecule has 0 spiro atoms. The van der Waals surface area contributed by atoms with Crippen LogP contribution >= 0.6 is 0 Å². The van der Waals surface area contributed by atoms with Crippen LogP contribution in [0, 0.1) is 5.92 Å². The van der Waals surface area contributed by atoms with Crippen LogP contribution in [0.1, 0.15) is 38.5 Å². The minimum atomic E-state index is 0.221. The summed E-state index contributed by atoms with van der Waals surface area (Å²) in [5, 5.41) is 0. The molecule has 104 valence electrons. The number of likely N-dealkylation sites (N-methyl/N-ethyl adjacent to an activating group) is 1. The van der Waals surface area contributed by atoms with Gasteiger partial charge in [0.15, 0.2) is 0 Å². The van der Waals surface area contributed by atoms with Crippen LogP contribution < -0.4 is 5.73 Å². The van der Waals surface area contributed by atoms with Gasteiger partial charge in [0.2, 0.25) is 5.91 Å². The fourth-order valence-electron chi connectivity index (χ4n) is 2.95. The van der Waals surface area contributed by atoms with Gasteiger partial charge in [0.05, 0.1) is 0 Å². The van der Waals surface area contributed by atoms with Gasteiger partial charge in [-0.15, -0.1) is 0 Å². The van der Waals surface area contributed by atoms with Gasteiger partial charge in [0.1, 0.15) is 0 Å². The molecule has 1 atom stereocenters. The summed E-state index contributed by atoms with van der Waals surface area (Å²) in [5.74, 6) is 1.13. The van der Waals surface area contributed by atoms with Gasteiger partial charge in [-0.25, -0.2) is 0 Å². The number of carbonyl (C=O) groups excluding carboxylic acids is 1. The SMILES string of the molecule is CN(CC1CCC1)C(CN)CC(=O)N1CCCC1. The van der Waals surface area contributed by atoms with Gasteiger partial charge in [0.25, 0.3) is 0 Å². The zero-order chi connectivity index (χ0) is 13.0. The molecule has 0 aromatic carbocycles. The molecule has 0 aromatic heterocycles. The van der Waals surface area contributed by atoms with Crippen LogP contribution in [0.5, 0.6) is 0 Å². The maximum atomic E-state index is 12.1. The molecule has 1 saturated heterocycles. The lowest BCUT2D eigenvalue weighted by atomic mass is 9.85. The first-order valence-electron chi connectivity index (χ1n) is 7.38. The van der Waals surface area contributed by atoms with Gasteiger partial charge in [-0.2, -0.15) is 0 Å². The van der Waals surface area contributed by atoms with Crippen LogP contribution in [0.25, 0.3) is 0 Å². The van der Waals surface area contributed by atoms with Gasteiger partial charge in [-0.1, -0.05) is 6.42 Å². The summed E-state index contributed by atoms with van der Waals surface area (Å²) in [6.07, 6.45) is 7.00. The Labute approximate surface area is 110 Å². The molecule has 1 unspecified atom stereocenters. The van der Waals surface area contributed by atoms with Gasteiger partial charge in [0, 0.05) is 38.6 Å². The molecule has 1 aliphatic heterocycles. The lowest BCUT2D eigenvalue weighted by Crippen LogP contribution is -2.45. The van der Waals surface area contributed by atoms with E-state index in [-0.39, 0.29) is 6.04 Å². The van der Waals surface area contributed by atoms with Crippen molar-refractivity contribution in [3.05, 3.63) is 0 Å². The van der Waals surface area contributed by atoms with Crippen molar-refractivity contribution in [1.29, 1.82) is 0 Å². The number of likely N-dealkylation sites (tertiary alicyclic amines) is 1. The molecular weight excluding hydrogens is 226 g/mol. The van der Waals surface area contributed by atoms with Crippen molar-refractivity contribution in [3.63, 3.8) is 0 Å². The van der Waals surface area contributed by atoms with Crippen molar-refractivity contribution in [2.75, 3.05) is 33.2 Å². The second-order valence-electron chi connectivity index (χ2n) is 5.92. The van der Waals surface area contributed by atoms with E-state index < -0.39 is 0 Å². The second-order valence-corrected chi connectivity index (χ2v) is 5.92. The molecule has 1 amide bonds. The molecule has 0 aromatic rings.